The van der Waals surface area contributed by atoms with Crippen molar-refractivity contribution in [2.24, 2.45) is 0 Å². The van der Waals surface area contributed by atoms with E-state index in [1.807, 2.05) is 6.92 Å². The normalized spacial score (nSPS) is 12.6. The first-order valence-corrected chi connectivity index (χ1v) is 9.32. The van der Waals surface area contributed by atoms with E-state index in [1.165, 1.54) is 23.1 Å². The van der Waals surface area contributed by atoms with Gasteiger partial charge in [0.15, 0.2) is 6.61 Å². The molecule has 0 spiro atoms. The zero-order chi connectivity index (χ0) is 21.5. The fourth-order valence-electron chi connectivity index (χ4n) is 2.84. The van der Waals surface area contributed by atoms with E-state index in [0.717, 1.165) is 5.75 Å². The SMILES string of the molecule is CCOc1ccc(OCCNC(=O)CN2C(=O)COc3ccc([N+](=O)[O-])cc32)cc1. The van der Waals surface area contributed by atoms with Crippen LogP contribution in [0.5, 0.6) is 17.2 Å². The Morgan fingerprint density at radius 2 is 1.90 bits per heavy atom. The Hall–Kier alpha value is -3.82. The van der Waals surface area contributed by atoms with Crippen LogP contribution in [-0.2, 0) is 9.59 Å². The van der Waals surface area contributed by atoms with Gasteiger partial charge in [0.05, 0.1) is 23.8 Å². The number of nitro benzene ring substituents is 1. The standard InChI is InChI=1S/C20H21N3O7/c1-2-28-15-4-6-16(7-5-15)29-10-9-21-19(24)12-22-17-11-14(23(26)27)3-8-18(17)30-13-20(22)25/h3-8,11H,2,9-10,12-13H2,1H3,(H,21,24). The summed E-state index contributed by atoms with van der Waals surface area (Å²) in [5.41, 5.74) is 0.00227. The van der Waals surface area contributed by atoms with Crippen molar-refractivity contribution in [2.75, 3.05) is 37.8 Å². The van der Waals surface area contributed by atoms with Gasteiger partial charge < -0.3 is 19.5 Å². The molecule has 1 aliphatic rings. The van der Waals surface area contributed by atoms with Crippen molar-refractivity contribution in [3.8, 4) is 17.2 Å². The molecule has 0 radical (unpaired) electrons. The molecule has 0 fully saturated rings. The van der Waals surface area contributed by atoms with Gasteiger partial charge in [-0.25, -0.2) is 0 Å². The lowest BCUT2D eigenvalue weighted by atomic mass is 10.2. The topological polar surface area (TPSA) is 120 Å². The van der Waals surface area contributed by atoms with E-state index in [1.54, 1.807) is 24.3 Å². The van der Waals surface area contributed by atoms with Crippen LogP contribution in [-0.4, -0.2) is 49.6 Å². The van der Waals surface area contributed by atoms with Gasteiger partial charge in [0.2, 0.25) is 5.91 Å². The van der Waals surface area contributed by atoms with Gasteiger partial charge in [0.25, 0.3) is 11.6 Å². The van der Waals surface area contributed by atoms with E-state index in [-0.39, 0.29) is 37.7 Å². The van der Waals surface area contributed by atoms with Gasteiger partial charge in [-0.1, -0.05) is 0 Å². The number of carbonyl (C=O) groups excluding carboxylic acids is 2. The smallest absolute Gasteiger partial charge is 0.271 e. The van der Waals surface area contributed by atoms with E-state index in [9.17, 15) is 19.7 Å². The number of non-ortho nitro benzene ring substituents is 1. The number of rotatable bonds is 9. The molecular formula is C20H21N3O7. The Bertz CT molecular complexity index is 930. The van der Waals surface area contributed by atoms with Gasteiger partial charge in [-0.15, -0.1) is 0 Å². The number of nitro groups is 1. The van der Waals surface area contributed by atoms with Crippen LogP contribution in [0.1, 0.15) is 6.92 Å². The number of benzene rings is 2. The summed E-state index contributed by atoms with van der Waals surface area (Å²) in [7, 11) is 0. The molecule has 0 aromatic heterocycles. The Morgan fingerprint density at radius 1 is 1.20 bits per heavy atom. The quantitative estimate of drug-likeness (QED) is 0.377. The molecule has 1 N–H and O–H groups in total. The highest BCUT2D eigenvalue weighted by atomic mass is 16.6. The molecule has 0 unspecified atom stereocenters. The zero-order valence-corrected chi connectivity index (χ0v) is 16.3. The number of hydrogen-bond donors (Lipinski definition) is 1. The van der Waals surface area contributed by atoms with Crippen LogP contribution < -0.4 is 24.4 Å². The monoisotopic (exact) mass is 415 g/mol. The third-order valence-electron chi connectivity index (χ3n) is 4.23. The molecule has 0 saturated heterocycles. The van der Waals surface area contributed by atoms with Gasteiger partial charge >= 0.3 is 0 Å². The van der Waals surface area contributed by atoms with Crippen LogP contribution in [0.3, 0.4) is 0 Å². The van der Waals surface area contributed by atoms with Crippen LogP contribution in [0.25, 0.3) is 0 Å². The molecule has 1 heterocycles. The minimum Gasteiger partial charge on any atom is -0.494 e. The van der Waals surface area contributed by atoms with E-state index < -0.39 is 16.7 Å². The van der Waals surface area contributed by atoms with Crippen molar-refractivity contribution >= 4 is 23.2 Å². The second-order valence-electron chi connectivity index (χ2n) is 6.28. The van der Waals surface area contributed by atoms with Crippen LogP contribution in [0, 0.1) is 10.1 Å². The Labute approximate surface area is 172 Å². The van der Waals surface area contributed by atoms with Crippen molar-refractivity contribution in [3.05, 3.63) is 52.6 Å². The first-order valence-electron chi connectivity index (χ1n) is 9.32. The van der Waals surface area contributed by atoms with E-state index in [2.05, 4.69) is 5.32 Å². The first-order chi connectivity index (χ1) is 14.5. The van der Waals surface area contributed by atoms with Crippen molar-refractivity contribution < 1.29 is 28.7 Å². The summed E-state index contributed by atoms with van der Waals surface area (Å²) in [5.74, 6) is 0.819. The van der Waals surface area contributed by atoms with Gasteiger partial charge in [0, 0.05) is 12.1 Å². The number of nitrogens with zero attached hydrogens (tertiary/aromatic N) is 2. The maximum atomic E-state index is 12.3. The third-order valence-corrected chi connectivity index (χ3v) is 4.23. The first kappa shape index (κ1) is 20.9. The average molecular weight is 415 g/mol. The lowest BCUT2D eigenvalue weighted by molar-refractivity contribution is -0.384. The van der Waals surface area contributed by atoms with Crippen molar-refractivity contribution in [1.29, 1.82) is 0 Å². The van der Waals surface area contributed by atoms with Crippen LogP contribution in [0.4, 0.5) is 11.4 Å². The van der Waals surface area contributed by atoms with Gasteiger partial charge in [-0.05, 0) is 37.3 Å². The largest absolute Gasteiger partial charge is 0.494 e. The molecule has 2 amide bonds. The maximum Gasteiger partial charge on any atom is 0.271 e. The predicted octanol–water partition coefficient (Wildman–Crippen LogP) is 1.91. The zero-order valence-electron chi connectivity index (χ0n) is 16.3. The van der Waals surface area contributed by atoms with Crippen LogP contribution >= 0.6 is 0 Å². The predicted molar refractivity (Wildman–Crippen MR) is 107 cm³/mol. The molecule has 158 valence electrons. The number of hydrogen-bond acceptors (Lipinski definition) is 7. The average Bonchev–Trinajstić information content (AvgIpc) is 2.74. The highest BCUT2D eigenvalue weighted by Gasteiger charge is 2.29. The lowest BCUT2D eigenvalue weighted by Crippen LogP contribution is -2.45. The van der Waals surface area contributed by atoms with Crippen LogP contribution in [0.15, 0.2) is 42.5 Å². The second-order valence-corrected chi connectivity index (χ2v) is 6.28. The van der Waals surface area contributed by atoms with E-state index in [0.29, 0.717) is 18.1 Å². The Morgan fingerprint density at radius 3 is 2.57 bits per heavy atom. The number of carbonyl (C=O) groups is 2. The number of anilines is 1. The molecule has 10 heteroatoms. The summed E-state index contributed by atoms with van der Waals surface area (Å²) >= 11 is 0. The maximum absolute atomic E-state index is 12.3. The molecule has 2 aromatic carbocycles. The molecule has 0 atom stereocenters. The molecule has 10 nitrogen and oxygen atoms in total. The lowest BCUT2D eigenvalue weighted by Gasteiger charge is -2.28. The fraction of sp³-hybridized carbons (Fsp3) is 0.300. The summed E-state index contributed by atoms with van der Waals surface area (Å²) in [6.07, 6.45) is 0. The van der Waals surface area contributed by atoms with Gasteiger partial charge in [-0.2, -0.15) is 0 Å². The Kier molecular flexibility index (Phi) is 6.68. The summed E-state index contributed by atoms with van der Waals surface area (Å²) < 4.78 is 16.2. The number of ether oxygens (including phenoxy) is 3. The number of nitrogens with one attached hydrogen (secondary N) is 1. The van der Waals surface area contributed by atoms with Gasteiger partial charge in [-0.3, -0.25) is 24.6 Å². The molecule has 2 aromatic rings. The Balaban J connectivity index is 1.52. The molecule has 3 rings (SSSR count). The van der Waals surface area contributed by atoms with Crippen molar-refractivity contribution in [1.82, 2.24) is 5.32 Å². The van der Waals surface area contributed by atoms with Crippen molar-refractivity contribution in [2.45, 2.75) is 6.92 Å². The number of fused-ring (bicyclic) bond motifs is 1. The highest BCUT2D eigenvalue weighted by molar-refractivity contribution is 6.02. The molecule has 0 aliphatic carbocycles. The highest BCUT2D eigenvalue weighted by Crippen LogP contribution is 2.35. The molecule has 0 bridgehead atoms. The molecule has 1 aliphatic heterocycles. The molecule has 0 saturated carbocycles. The fourth-order valence-corrected chi connectivity index (χ4v) is 2.84. The van der Waals surface area contributed by atoms with Crippen LogP contribution in [0.2, 0.25) is 0 Å². The minimum atomic E-state index is -0.574. The van der Waals surface area contributed by atoms with Crippen molar-refractivity contribution in [3.63, 3.8) is 0 Å². The van der Waals surface area contributed by atoms with E-state index in [4.69, 9.17) is 14.2 Å². The third kappa shape index (κ3) is 5.16. The van der Waals surface area contributed by atoms with Gasteiger partial charge in [0.1, 0.15) is 30.4 Å². The minimum absolute atomic E-state index is 0.193. The van der Waals surface area contributed by atoms with E-state index >= 15 is 0 Å². The molecule has 30 heavy (non-hydrogen) atoms. The number of amides is 2. The summed E-state index contributed by atoms with van der Waals surface area (Å²) in [6.45, 7) is 2.43. The second kappa shape index (κ2) is 9.59. The summed E-state index contributed by atoms with van der Waals surface area (Å²) in [4.78, 5) is 36.0. The summed E-state index contributed by atoms with van der Waals surface area (Å²) in [6, 6.07) is 11.0. The summed E-state index contributed by atoms with van der Waals surface area (Å²) in [5, 5.41) is 13.7. The molecular weight excluding hydrogens is 394 g/mol.